The Morgan fingerprint density at radius 2 is 2.12 bits per heavy atom. The summed E-state index contributed by atoms with van der Waals surface area (Å²) in [6, 6.07) is 7.54. The third-order valence-corrected chi connectivity index (χ3v) is 4.71. The molecule has 26 heavy (non-hydrogen) atoms. The van der Waals surface area contributed by atoms with Crippen molar-refractivity contribution in [2.45, 2.75) is 25.7 Å². The molecule has 1 aromatic heterocycles. The fraction of sp³-hybridized carbons (Fsp3) is 0.421. The maximum Gasteiger partial charge on any atom is 0.223 e. The van der Waals surface area contributed by atoms with E-state index in [2.05, 4.69) is 4.98 Å². The third-order valence-electron chi connectivity index (χ3n) is 4.71. The van der Waals surface area contributed by atoms with Crippen molar-refractivity contribution in [1.82, 2.24) is 9.88 Å². The van der Waals surface area contributed by atoms with Crippen molar-refractivity contribution in [3.63, 3.8) is 0 Å². The molecule has 1 fully saturated rings. The summed E-state index contributed by atoms with van der Waals surface area (Å²) in [5.41, 5.74) is 6.20. The highest BCUT2D eigenvalue weighted by atomic mass is 16.5. The van der Waals surface area contributed by atoms with Crippen LogP contribution in [0.5, 0.6) is 5.75 Å². The molecular weight excluding hydrogens is 334 g/mol. The third kappa shape index (κ3) is 4.22. The van der Waals surface area contributed by atoms with Crippen molar-refractivity contribution in [1.29, 1.82) is 0 Å². The molecule has 2 amide bonds. The predicted octanol–water partition coefficient (Wildman–Crippen LogP) is 2.01. The Bertz CT molecular complexity index is 779. The lowest BCUT2D eigenvalue weighted by atomic mass is 9.96. The molecule has 7 heteroatoms. The first kappa shape index (κ1) is 18.0. The van der Waals surface area contributed by atoms with E-state index in [0.717, 1.165) is 11.3 Å². The quantitative estimate of drug-likeness (QED) is 0.852. The molecule has 0 saturated carbocycles. The maximum absolute atomic E-state index is 12.3. The monoisotopic (exact) mass is 357 g/mol. The first-order chi connectivity index (χ1) is 12.6. The Morgan fingerprint density at radius 3 is 2.81 bits per heavy atom. The average Bonchev–Trinajstić information content (AvgIpc) is 3.15. The van der Waals surface area contributed by atoms with Gasteiger partial charge in [0.2, 0.25) is 11.8 Å². The summed E-state index contributed by atoms with van der Waals surface area (Å²) in [7, 11) is 1.61. The fourth-order valence-electron chi connectivity index (χ4n) is 3.12. The number of amides is 2. The van der Waals surface area contributed by atoms with Gasteiger partial charge in [0.1, 0.15) is 5.75 Å². The molecule has 0 aliphatic carbocycles. The number of primary amides is 1. The predicted molar refractivity (Wildman–Crippen MR) is 95.3 cm³/mol. The van der Waals surface area contributed by atoms with Gasteiger partial charge < -0.3 is 19.8 Å². The summed E-state index contributed by atoms with van der Waals surface area (Å²) in [5, 5.41) is 0. The first-order valence-electron chi connectivity index (χ1n) is 8.73. The number of carbonyl (C=O) groups is 2. The van der Waals surface area contributed by atoms with E-state index in [1.807, 2.05) is 24.3 Å². The smallest absolute Gasteiger partial charge is 0.223 e. The van der Waals surface area contributed by atoms with Crippen molar-refractivity contribution in [2.24, 2.45) is 11.7 Å². The number of methoxy groups -OCH3 is 1. The van der Waals surface area contributed by atoms with Gasteiger partial charge in [0.05, 0.1) is 13.3 Å². The Morgan fingerprint density at radius 1 is 1.35 bits per heavy atom. The van der Waals surface area contributed by atoms with Gasteiger partial charge in [-0.1, -0.05) is 12.1 Å². The average molecular weight is 357 g/mol. The Balaban J connectivity index is 1.53. The van der Waals surface area contributed by atoms with E-state index in [0.29, 0.717) is 50.4 Å². The van der Waals surface area contributed by atoms with E-state index in [-0.39, 0.29) is 17.7 Å². The van der Waals surface area contributed by atoms with Crippen molar-refractivity contribution in [3.05, 3.63) is 36.4 Å². The minimum Gasteiger partial charge on any atom is -0.497 e. The molecule has 2 heterocycles. The normalized spacial score (nSPS) is 15.0. The minimum atomic E-state index is -0.276. The summed E-state index contributed by atoms with van der Waals surface area (Å²) in [6.45, 7) is 1.15. The SMILES string of the molecule is COc1cccc(-c2cnc(CCC(=O)N3CCC(C(N)=O)CC3)o2)c1. The molecule has 0 atom stereocenters. The molecule has 1 aliphatic rings. The number of likely N-dealkylation sites (tertiary alicyclic amines) is 1. The molecule has 2 aromatic rings. The molecule has 0 unspecified atom stereocenters. The van der Waals surface area contributed by atoms with Crippen LogP contribution < -0.4 is 10.5 Å². The molecule has 1 aromatic carbocycles. The van der Waals surface area contributed by atoms with Gasteiger partial charge in [-0.3, -0.25) is 9.59 Å². The van der Waals surface area contributed by atoms with Crippen LogP contribution in [0.1, 0.15) is 25.2 Å². The van der Waals surface area contributed by atoms with E-state index in [1.54, 1.807) is 18.2 Å². The molecular formula is C19H23N3O4. The zero-order valence-corrected chi connectivity index (χ0v) is 14.8. The summed E-state index contributed by atoms with van der Waals surface area (Å²) < 4.78 is 11.0. The van der Waals surface area contributed by atoms with Gasteiger partial charge in [0.15, 0.2) is 11.7 Å². The van der Waals surface area contributed by atoms with E-state index >= 15 is 0 Å². The lowest BCUT2D eigenvalue weighted by molar-refractivity contribution is -0.134. The van der Waals surface area contributed by atoms with Crippen LogP contribution in [0.15, 0.2) is 34.9 Å². The highest BCUT2D eigenvalue weighted by Gasteiger charge is 2.25. The van der Waals surface area contributed by atoms with Crippen molar-refractivity contribution < 1.29 is 18.7 Å². The van der Waals surface area contributed by atoms with E-state index in [1.165, 1.54) is 0 Å². The van der Waals surface area contributed by atoms with Crippen LogP contribution in [0.25, 0.3) is 11.3 Å². The second kappa shape index (κ2) is 8.03. The highest BCUT2D eigenvalue weighted by molar-refractivity contribution is 5.79. The van der Waals surface area contributed by atoms with Crippen LogP contribution >= 0.6 is 0 Å². The van der Waals surface area contributed by atoms with Crippen LogP contribution in [-0.2, 0) is 16.0 Å². The number of rotatable bonds is 6. The molecule has 1 aliphatic heterocycles. The molecule has 7 nitrogen and oxygen atoms in total. The van der Waals surface area contributed by atoms with Crippen LogP contribution in [-0.4, -0.2) is 41.9 Å². The number of hydrogen-bond acceptors (Lipinski definition) is 5. The largest absolute Gasteiger partial charge is 0.497 e. The second-order valence-electron chi connectivity index (χ2n) is 6.41. The molecule has 0 bridgehead atoms. The standard InChI is InChI=1S/C19H23N3O4/c1-25-15-4-2-3-14(11-15)16-12-21-17(26-16)5-6-18(23)22-9-7-13(8-10-22)19(20)24/h2-4,11-13H,5-10H2,1H3,(H2,20,24). The number of ether oxygens (including phenoxy) is 1. The fourth-order valence-corrected chi connectivity index (χ4v) is 3.12. The van der Waals surface area contributed by atoms with Crippen LogP contribution in [0.4, 0.5) is 0 Å². The number of carbonyl (C=O) groups excluding carboxylic acids is 2. The van der Waals surface area contributed by atoms with Crippen LogP contribution in [0.3, 0.4) is 0 Å². The van der Waals surface area contributed by atoms with Gasteiger partial charge in [0.25, 0.3) is 0 Å². The maximum atomic E-state index is 12.3. The van der Waals surface area contributed by atoms with E-state index in [9.17, 15) is 9.59 Å². The minimum absolute atomic E-state index is 0.0500. The lowest BCUT2D eigenvalue weighted by Crippen LogP contribution is -2.41. The Hall–Kier alpha value is -2.83. The number of hydrogen-bond donors (Lipinski definition) is 1. The molecule has 1 saturated heterocycles. The number of nitrogens with zero attached hydrogens (tertiary/aromatic N) is 2. The zero-order valence-electron chi connectivity index (χ0n) is 14.8. The van der Waals surface area contributed by atoms with Gasteiger partial charge in [0, 0.05) is 37.4 Å². The van der Waals surface area contributed by atoms with Crippen LogP contribution in [0.2, 0.25) is 0 Å². The van der Waals surface area contributed by atoms with Gasteiger partial charge >= 0.3 is 0 Å². The number of oxazole rings is 1. The number of nitrogens with two attached hydrogens (primary N) is 1. The number of benzene rings is 1. The summed E-state index contributed by atoms with van der Waals surface area (Å²) in [6.07, 6.45) is 3.71. The van der Waals surface area contributed by atoms with Gasteiger partial charge in [-0.2, -0.15) is 0 Å². The van der Waals surface area contributed by atoms with Crippen LogP contribution in [0, 0.1) is 5.92 Å². The van der Waals surface area contributed by atoms with Gasteiger partial charge in [-0.25, -0.2) is 4.98 Å². The van der Waals surface area contributed by atoms with Crippen molar-refractivity contribution in [3.8, 4) is 17.1 Å². The number of aromatic nitrogens is 1. The molecule has 2 N–H and O–H groups in total. The van der Waals surface area contributed by atoms with Crippen molar-refractivity contribution in [2.75, 3.05) is 20.2 Å². The number of piperidine rings is 1. The number of aryl methyl sites for hydroxylation is 1. The summed E-state index contributed by atoms with van der Waals surface area (Å²) >= 11 is 0. The first-order valence-corrected chi connectivity index (χ1v) is 8.73. The molecule has 3 rings (SSSR count). The Kier molecular flexibility index (Phi) is 5.55. The molecule has 0 radical (unpaired) electrons. The van der Waals surface area contributed by atoms with Gasteiger partial charge in [-0.15, -0.1) is 0 Å². The highest BCUT2D eigenvalue weighted by Crippen LogP contribution is 2.25. The van der Waals surface area contributed by atoms with E-state index < -0.39 is 0 Å². The topological polar surface area (TPSA) is 98.7 Å². The second-order valence-corrected chi connectivity index (χ2v) is 6.41. The Labute approximate surface area is 152 Å². The van der Waals surface area contributed by atoms with E-state index in [4.69, 9.17) is 14.9 Å². The van der Waals surface area contributed by atoms with Crippen molar-refractivity contribution >= 4 is 11.8 Å². The zero-order chi connectivity index (χ0) is 18.5. The molecule has 138 valence electrons. The summed E-state index contributed by atoms with van der Waals surface area (Å²) in [5.74, 6) is 1.58. The summed E-state index contributed by atoms with van der Waals surface area (Å²) in [4.78, 5) is 29.6. The lowest BCUT2D eigenvalue weighted by Gasteiger charge is -2.30. The molecule has 0 spiro atoms. The van der Waals surface area contributed by atoms with Gasteiger partial charge in [-0.05, 0) is 25.0 Å².